The summed E-state index contributed by atoms with van der Waals surface area (Å²) in [6.07, 6.45) is 24.2. The quantitative estimate of drug-likeness (QED) is 0.135. The van der Waals surface area contributed by atoms with Crippen LogP contribution in [0.5, 0.6) is 0 Å². The van der Waals surface area contributed by atoms with Crippen LogP contribution in [-0.2, 0) is 9.53 Å². The molecule has 43 heavy (non-hydrogen) atoms. The first-order valence-electron chi connectivity index (χ1n) is 19.1. The summed E-state index contributed by atoms with van der Waals surface area (Å²) in [7, 11) is 0. The number of hydrogen-bond acceptors (Lipinski definition) is 2. The van der Waals surface area contributed by atoms with Gasteiger partial charge in [-0.2, -0.15) is 0 Å². The van der Waals surface area contributed by atoms with Crippen LogP contribution in [0.3, 0.4) is 0 Å². The molecular formula is C41H70O2. The van der Waals surface area contributed by atoms with Crippen LogP contribution in [0.4, 0.5) is 0 Å². The van der Waals surface area contributed by atoms with E-state index in [2.05, 4.69) is 62.0 Å². The average molecular weight is 595 g/mol. The highest BCUT2D eigenvalue weighted by Crippen LogP contribution is 2.77. The second-order valence-electron chi connectivity index (χ2n) is 18.4. The van der Waals surface area contributed by atoms with Crippen molar-refractivity contribution in [2.24, 2.45) is 56.7 Å². The molecule has 0 spiro atoms. The SMILES string of the molecule is C=C(C)[C@@H]1CC[C@]2(C)CC[C@]3(C)[C@H](CC[C@@H]4[C@@]5(C)CC[C@H](OC(=O)CCCCCCCCCC)C(C)(C)[C@@H]5CC[C@]43C)[C@@H]12. The first-order chi connectivity index (χ1) is 20.2. The van der Waals surface area contributed by atoms with E-state index >= 15 is 0 Å². The Hall–Kier alpha value is -0.790. The predicted octanol–water partition coefficient (Wildman–Crippen LogP) is 12.1. The Labute approximate surface area is 267 Å². The largest absolute Gasteiger partial charge is 0.462 e. The van der Waals surface area contributed by atoms with Crippen molar-refractivity contribution in [3.63, 3.8) is 0 Å². The van der Waals surface area contributed by atoms with Gasteiger partial charge in [-0.15, -0.1) is 0 Å². The summed E-state index contributed by atoms with van der Waals surface area (Å²) in [4.78, 5) is 13.1. The van der Waals surface area contributed by atoms with Gasteiger partial charge in [-0.05, 0) is 129 Å². The number of carbonyl (C=O) groups is 1. The molecule has 5 saturated carbocycles. The van der Waals surface area contributed by atoms with E-state index in [-0.39, 0.29) is 17.5 Å². The Bertz CT molecular complexity index is 1010. The first kappa shape index (κ1) is 33.6. The molecular weight excluding hydrogens is 524 g/mol. The minimum Gasteiger partial charge on any atom is -0.462 e. The Morgan fingerprint density at radius 2 is 1.40 bits per heavy atom. The van der Waals surface area contributed by atoms with E-state index in [4.69, 9.17) is 4.74 Å². The molecule has 0 heterocycles. The molecule has 0 saturated heterocycles. The number of esters is 1. The minimum absolute atomic E-state index is 0.0443. The lowest BCUT2D eigenvalue weighted by atomic mass is 9.32. The van der Waals surface area contributed by atoms with Crippen molar-refractivity contribution in [1.29, 1.82) is 0 Å². The zero-order valence-electron chi connectivity index (χ0n) is 29.9. The molecule has 2 nitrogen and oxygen atoms in total. The molecule has 0 bridgehead atoms. The van der Waals surface area contributed by atoms with Crippen LogP contribution in [0.25, 0.3) is 0 Å². The molecule has 0 unspecified atom stereocenters. The average Bonchev–Trinajstić information content (AvgIpc) is 3.30. The topological polar surface area (TPSA) is 26.3 Å². The van der Waals surface area contributed by atoms with Crippen molar-refractivity contribution in [1.82, 2.24) is 0 Å². The third-order valence-corrected chi connectivity index (χ3v) is 15.9. The van der Waals surface area contributed by atoms with Gasteiger partial charge in [0.15, 0.2) is 0 Å². The number of ether oxygens (including phenoxy) is 1. The van der Waals surface area contributed by atoms with Crippen LogP contribution in [0, 0.1) is 56.7 Å². The first-order valence-corrected chi connectivity index (χ1v) is 19.1. The van der Waals surface area contributed by atoms with Gasteiger partial charge in [-0.3, -0.25) is 4.79 Å². The highest BCUT2D eigenvalue weighted by molar-refractivity contribution is 5.69. The summed E-state index contributed by atoms with van der Waals surface area (Å²) < 4.78 is 6.37. The maximum absolute atomic E-state index is 13.1. The molecule has 0 aromatic rings. The molecule has 5 aliphatic carbocycles. The van der Waals surface area contributed by atoms with E-state index < -0.39 is 0 Å². The van der Waals surface area contributed by atoms with Gasteiger partial charge in [0.25, 0.3) is 0 Å². The lowest BCUT2D eigenvalue weighted by Gasteiger charge is -2.73. The summed E-state index contributed by atoms with van der Waals surface area (Å²) in [5, 5.41) is 0. The third-order valence-electron chi connectivity index (χ3n) is 15.9. The van der Waals surface area contributed by atoms with Crippen LogP contribution >= 0.6 is 0 Å². The minimum atomic E-state index is 0.0443. The standard InChI is InChI=1S/C41H70O2/c1-10-11-12-13-14-15-16-17-18-35(42)43-34-23-25-39(7)32(37(34,4)5)22-26-41(9)33(39)20-19-31-36-30(29(2)3)21-24-38(36,6)27-28-40(31,41)8/h30-34,36H,2,10-28H2,1,3-9H3/t30-,31+,32-,33+,34-,36+,38+,39-,40+,41+/m0/s1. The van der Waals surface area contributed by atoms with Crippen LogP contribution in [0.2, 0.25) is 0 Å². The van der Waals surface area contributed by atoms with E-state index in [1.54, 1.807) is 0 Å². The van der Waals surface area contributed by atoms with Crippen LogP contribution in [-0.4, -0.2) is 12.1 Å². The van der Waals surface area contributed by atoms with Crippen molar-refractivity contribution in [3.8, 4) is 0 Å². The fraction of sp³-hybridized carbons (Fsp3) is 0.927. The molecule has 0 aromatic heterocycles. The van der Waals surface area contributed by atoms with Crippen molar-refractivity contribution in [2.45, 2.75) is 183 Å². The van der Waals surface area contributed by atoms with E-state index in [9.17, 15) is 4.79 Å². The van der Waals surface area contributed by atoms with E-state index in [0.717, 1.165) is 36.5 Å². The fourth-order valence-electron chi connectivity index (χ4n) is 13.3. The number of hydrogen-bond donors (Lipinski definition) is 0. The predicted molar refractivity (Wildman–Crippen MR) is 182 cm³/mol. The third kappa shape index (κ3) is 5.62. The maximum Gasteiger partial charge on any atom is 0.306 e. The van der Waals surface area contributed by atoms with Crippen molar-refractivity contribution in [2.75, 3.05) is 0 Å². The molecule has 5 aliphatic rings. The number of fused-ring (bicyclic) bond motifs is 7. The molecule has 5 rings (SSSR count). The Morgan fingerprint density at radius 1 is 0.721 bits per heavy atom. The molecule has 0 amide bonds. The summed E-state index contributed by atoms with van der Waals surface area (Å²) >= 11 is 0. The molecule has 0 radical (unpaired) electrons. The number of carbonyl (C=O) groups excluding carboxylic acids is 1. The summed E-state index contributed by atoms with van der Waals surface area (Å²) in [5.74, 6) is 3.89. The lowest BCUT2D eigenvalue weighted by molar-refractivity contribution is -0.249. The van der Waals surface area contributed by atoms with Crippen LogP contribution < -0.4 is 0 Å². The Morgan fingerprint density at radius 3 is 2.07 bits per heavy atom. The van der Waals surface area contributed by atoms with Gasteiger partial charge >= 0.3 is 5.97 Å². The monoisotopic (exact) mass is 595 g/mol. The summed E-state index contributed by atoms with van der Waals surface area (Å²) in [6, 6.07) is 0. The fourth-order valence-corrected chi connectivity index (χ4v) is 13.3. The molecule has 246 valence electrons. The second-order valence-corrected chi connectivity index (χ2v) is 18.4. The molecule has 0 N–H and O–H groups in total. The Kier molecular flexibility index (Phi) is 9.71. The van der Waals surface area contributed by atoms with Crippen LogP contribution in [0.1, 0.15) is 177 Å². The summed E-state index contributed by atoms with van der Waals surface area (Å²) in [5.41, 5.74) is 3.20. The number of unbranched alkanes of at least 4 members (excludes halogenated alkanes) is 7. The number of rotatable bonds is 11. The van der Waals surface area contributed by atoms with E-state index in [0.29, 0.717) is 34.0 Å². The molecule has 10 atom stereocenters. The molecule has 0 aromatic carbocycles. The molecule has 0 aliphatic heterocycles. The van der Waals surface area contributed by atoms with Gasteiger partial charge in [-0.25, -0.2) is 0 Å². The van der Waals surface area contributed by atoms with Gasteiger partial charge < -0.3 is 4.74 Å². The van der Waals surface area contributed by atoms with E-state index in [1.165, 1.54) is 108 Å². The van der Waals surface area contributed by atoms with Crippen molar-refractivity contribution in [3.05, 3.63) is 12.2 Å². The highest BCUT2D eigenvalue weighted by atomic mass is 16.5. The maximum atomic E-state index is 13.1. The Balaban J connectivity index is 1.24. The zero-order valence-corrected chi connectivity index (χ0v) is 29.9. The normalized spacial score (nSPS) is 44.9. The smallest absolute Gasteiger partial charge is 0.306 e. The van der Waals surface area contributed by atoms with E-state index in [1.807, 2.05) is 0 Å². The van der Waals surface area contributed by atoms with Gasteiger partial charge in [0.05, 0.1) is 0 Å². The van der Waals surface area contributed by atoms with Crippen molar-refractivity contribution >= 4 is 5.97 Å². The van der Waals surface area contributed by atoms with Gasteiger partial charge in [0.1, 0.15) is 6.10 Å². The molecule has 2 heteroatoms. The van der Waals surface area contributed by atoms with Crippen molar-refractivity contribution < 1.29 is 9.53 Å². The van der Waals surface area contributed by atoms with Gasteiger partial charge in [0.2, 0.25) is 0 Å². The summed E-state index contributed by atoms with van der Waals surface area (Å²) in [6.45, 7) is 24.9. The zero-order chi connectivity index (χ0) is 31.3. The van der Waals surface area contributed by atoms with Gasteiger partial charge in [-0.1, -0.05) is 106 Å². The second kappa shape index (κ2) is 12.4. The lowest BCUT2D eigenvalue weighted by Crippen LogP contribution is -2.66. The number of allylic oxidation sites excluding steroid dienone is 1. The highest BCUT2D eigenvalue weighted by Gasteiger charge is 2.70. The van der Waals surface area contributed by atoms with Gasteiger partial charge in [0, 0.05) is 11.8 Å². The molecule has 5 fully saturated rings. The van der Waals surface area contributed by atoms with Crippen LogP contribution in [0.15, 0.2) is 12.2 Å².